The summed E-state index contributed by atoms with van der Waals surface area (Å²) < 4.78 is 8.02. The fraction of sp³-hybridized carbons (Fsp3) is 0.208. The quantitative estimate of drug-likeness (QED) is 0.419. The van der Waals surface area contributed by atoms with E-state index in [9.17, 15) is 5.26 Å². The normalized spacial score (nSPS) is 18.4. The molecule has 1 aromatic heterocycles. The van der Waals surface area contributed by atoms with Crippen LogP contribution in [0, 0.1) is 11.3 Å². The average Bonchev–Trinajstić information content (AvgIpc) is 3.28. The van der Waals surface area contributed by atoms with E-state index in [1.807, 2.05) is 17.4 Å². The van der Waals surface area contributed by atoms with Gasteiger partial charge in [0.2, 0.25) is 0 Å². The highest BCUT2D eigenvalue weighted by molar-refractivity contribution is 7.26. The number of nitrogens with zero attached hydrogens (tertiary/aromatic N) is 2. The second kappa shape index (κ2) is 6.54. The van der Waals surface area contributed by atoms with E-state index < -0.39 is 0 Å². The minimum absolute atomic E-state index is 0.00821. The van der Waals surface area contributed by atoms with Gasteiger partial charge in [-0.2, -0.15) is 5.26 Å². The van der Waals surface area contributed by atoms with E-state index in [1.165, 1.54) is 25.7 Å². The van der Waals surface area contributed by atoms with Crippen LogP contribution >= 0.6 is 11.3 Å². The lowest BCUT2D eigenvalue weighted by atomic mass is 9.90. The van der Waals surface area contributed by atoms with Gasteiger partial charge in [0.15, 0.2) is 0 Å². The molecule has 0 saturated heterocycles. The molecule has 0 amide bonds. The molecule has 0 spiro atoms. The Morgan fingerprint density at radius 1 is 1.04 bits per heavy atom. The molecule has 0 aliphatic carbocycles. The first-order chi connectivity index (χ1) is 13.8. The summed E-state index contributed by atoms with van der Waals surface area (Å²) in [7, 11) is 1.68. The van der Waals surface area contributed by atoms with Gasteiger partial charge < -0.3 is 9.64 Å². The van der Waals surface area contributed by atoms with Crippen molar-refractivity contribution >= 4 is 37.2 Å². The van der Waals surface area contributed by atoms with Crippen LogP contribution in [0.2, 0.25) is 0 Å². The molecule has 0 N–H and O–H groups in total. The van der Waals surface area contributed by atoms with Gasteiger partial charge in [-0.25, -0.2) is 0 Å². The fourth-order valence-corrected chi connectivity index (χ4v) is 5.77. The van der Waals surface area contributed by atoms with Crippen molar-refractivity contribution in [1.29, 1.82) is 5.26 Å². The molecular weight excluding hydrogens is 364 g/mol. The molecule has 1 aliphatic heterocycles. The molecule has 4 heteroatoms. The maximum Gasteiger partial charge on any atom is 0.120 e. The molecule has 3 nitrogen and oxygen atoms in total. The van der Waals surface area contributed by atoms with Crippen molar-refractivity contribution in [3.8, 4) is 11.8 Å². The number of benzene rings is 3. The molecule has 1 aliphatic rings. The highest BCUT2D eigenvalue weighted by atomic mass is 32.1. The molecule has 2 atom stereocenters. The van der Waals surface area contributed by atoms with Crippen molar-refractivity contribution < 1.29 is 4.74 Å². The zero-order chi connectivity index (χ0) is 19.3. The lowest BCUT2D eigenvalue weighted by molar-refractivity contribution is 0.415. The van der Waals surface area contributed by atoms with E-state index in [-0.39, 0.29) is 12.0 Å². The smallest absolute Gasteiger partial charge is 0.120 e. The minimum atomic E-state index is -0.198. The third kappa shape index (κ3) is 2.33. The van der Waals surface area contributed by atoms with Gasteiger partial charge in [-0.3, -0.25) is 0 Å². The van der Waals surface area contributed by atoms with Crippen LogP contribution in [-0.2, 0) is 0 Å². The molecule has 3 aromatic carbocycles. The molecule has 0 bridgehead atoms. The second-order valence-corrected chi connectivity index (χ2v) is 8.14. The van der Waals surface area contributed by atoms with Crippen LogP contribution in [0.5, 0.6) is 5.75 Å². The van der Waals surface area contributed by atoms with Crippen LogP contribution in [0.1, 0.15) is 30.0 Å². The van der Waals surface area contributed by atoms with Gasteiger partial charge in [-0.15, -0.1) is 11.3 Å². The summed E-state index contributed by atoms with van der Waals surface area (Å²) in [4.78, 5) is 2.35. The molecular formula is C24H20N2OS. The number of anilines is 1. The number of nitriles is 1. The van der Waals surface area contributed by atoms with Crippen LogP contribution in [0.3, 0.4) is 0 Å². The number of thiophene rings is 1. The SMILES string of the molecule is CCN1c2cc(OC)ccc2C(C#N)C1c1cccc2c1sc1ccccc12. The number of hydrogen-bond acceptors (Lipinski definition) is 4. The lowest BCUT2D eigenvalue weighted by Gasteiger charge is -2.28. The largest absolute Gasteiger partial charge is 0.497 e. The maximum atomic E-state index is 10.1. The van der Waals surface area contributed by atoms with E-state index in [0.717, 1.165) is 23.5 Å². The van der Waals surface area contributed by atoms with E-state index in [2.05, 4.69) is 72.5 Å². The van der Waals surface area contributed by atoms with Gasteiger partial charge in [0.1, 0.15) is 5.75 Å². The second-order valence-electron chi connectivity index (χ2n) is 7.08. The molecule has 0 fully saturated rings. The van der Waals surface area contributed by atoms with Crippen molar-refractivity contribution in [1.82, 2.24) is 0 Å². The van der Waals surface area contributed by atoms with Crippen molar-refractivity contribution in [3.63, 3.8) is 0 Å². The molecule has 4 aromatic rings. The Bertz CT molecular complexity index is 1240. The molecule has 138 valence electrons. The molecule has 0 saturated carbocycles. The zero-order valence-electron chi connectivity index (χ0n) is 15.8. The average molecular weight is 385 g/mol. The Morgan fingerprint density at radius 3 is 2.64 bits per heavy atom. The summed E-state index contributed by atoms with van der Waals surface area (Å²) in [6.07, 6.45) is 0. The lowest BCUT2D eigenvalue weighted by Crippen LogP contribution is -2.26. The number of fused-ring (bicyclic) bond motifs is 4. The van der Waals surface area contributed by atoms with E-state index >= 15 is 0 Å². The van der Waals surface area contributed by atoms with Crippen LogP contribution in [0.15, 0.2) is 60.7 Å². The third-order valence-electron chi connectivity index (χ3n) is 5.77. The molecule has 0 radical (unpaired) electrons. The number of methoxy groups -OCH3 is 1. The summed E-state index contributed by atoms with van der Waals surface area (Å²) in [6, 6.07) is 23.7. The third-order valence-corrected chi connectivity index (χ3v) is 7.00. The molecule has 28 heavy (non-hydrogen) atoms. The predicted molar refractivity (Wildman–Crippen MR) is 116 cm³/mol. The van der Waals surface area contributed by atoms with Crippen molar-refractivity contribution in [3.05, 3.63) is 71.8 Å². The molecule has 5 rings (SSSR count). The van der Waals surface area contributed by atoms with Crippen molar-refractivity contribution in [2.75, 3.05) is 18.6 Å². The van der Waals surface area contributed by atoms with Crippen molar-refractivity contribution in [2.24, 2.45) is 0 Å². The van der Waals surface area contributed by atoms with E-state index in [4.69, 9.17) is 4.74 Å². The Hall–Kier alpha value is -3.03. The Labute approximate surface area is 168 Å². The standard InChI is InChI=1S/C24H20N2OS/c1-3-26-21-13-15(27-2)11-12-16(21)20(14-25)23(26)19-9-6-8-18-17-7-4-5-10-22(17)28-24(18)19/h4-13,20,23H,3H2,1-2H3. The van der Waals surface area contributed by atoms with Gasteiger partial charge in [0.05, 0.1) is 25.1 Å². The summed E-state index contributed by atoms with van der Waals surface area (Å²) in [5.74, 6) is 0.631. The highest BCUT2D eigenvalue weighted by Gasteiger charge is 2.40. The van der Waals surface area contributed by atoms with E-state index in [1.54, 1.807) is 7.11 Å². The monoisotopic (exact) mass is 384 g/mol. The minimum Gasteiger partial charge on any atom is -0.497 e. The van der Waals surface area contributed by atoms with Gasteiger partial charge in [-0.1, -0.05) is 42.5 Å². The zero-order valence-corrected chi connectivity index (χ0v) is 16.7. The first-order valence-corrected chi connectivity index (χ1v) is 10.3. The molecule has 2 unspecified atom stereocenters. The van der Waals surface area contributed by atoms with Crippen LogP contribution in [0.4, 0.5) is 5.69 Å². The number of hydrogen-bond donors (Lipinski definition) is 0. The Kier molecular flexibility index (Phi) is 3.99. The van der Waals surface area contributed by atoms with Gasteiger partial charge in [-0.05, 0) is 30.2 Å². The Balaban J connectivity index is 1.75. The summed E-state index contributed by atoms with van der Waals surface area (Å²) in [6.45, 7) is 2.99. The van der Waals surface area contributed by atoms with Crippen molar-refractivity contribution in [2.45, 2.75) is 18.9 Å². The van der Waals surface area contributed by atoms with Crippen LogP contribution in [-0.4, -0.2) is 13.7 Å². The topological polar surface area (TPSA) is 36.3 Å². The van der Waals surface area contributed by atoms with Crippen LogP contribution < -0.4 is 9.64 Å². The predicted octanol–water partition coefficient (Wildman–Crippen LogP) is 6.25. The number of ether oxygens (including phenoxy) is 1. The maximum absolute atomic E-state index is 10.1. The summed E-state index contributed by atoms with van der Waals surface area (Å²) in [5.41, 5.74) is 3.44. The van der Waals surface area contributed by atoms with Crippen LogP contribution in [0.25, 0.3) is 20.2 Å². The van der Waals surface area contributed by atoms with E-state index in [0.29, 0.717) is 0 Å². The fourth-order valence-electron chi connectivity index (χ4n) is 4.52. The highest BCUT2D eigenvalue weighted by Crippen LogP contribution is 2.52. The number of rotatable bonds is 3. The first-order valence-electron chi connectivity index (χ1n) is 9.51. The summed E-state index contributed by atoms with van der Waals surface area (Å²) >= 11 is 1.83. The Morgan fingerprint density at radius 2 is 1.86 bits per heavy atom. The van der Waals surface area contributed by atoms with Gasteiger partial charge >= 0.3 is 0 Å². The van der Waals surface area contributed by atoms with Gasteiger partial charge in [0.25, 0.3) is 0 Å². The summed E-state index contributed by atoms with van der Waals surface area (Å²) in [5, 5.41) is 12.7. The first kappa shape index (κ1) is 17.1. The van der Waals surface area contributed by atoms with Gasteiger partial charge in [0, 0.05) is 38.5 Å². The molecule has 2 heterocycles. The number of likely N-dealkylation sites (N-methyl/N-ethyl adjacent to an activating group) is 1.